The fraction of sp³-hybridized carbons (Fsp3) is 0. The van der Waals surface area contributed by atoms with Gasteiger partial charge < -0.3 is 0 Å². The van der Waals surface area contributed by atoms with Crippen molar-refractivity contribution >= 4 is 135 Å². The van der Waals surface area contributed by atoms with Crippen LogP contribution in [0.2, 0.25) is 0 Å². The van der Waals surface area contributed by atoms with Crippen molar-refractivity contribution in [3.05, 3.63) is 0 Å². The van der Waals surface area contributed by atoms with Crippen LogP contribution in [0, 0.1) is 0 Å². The van der Waals surface area contributed by atoms with Crippen LogP contribution in [-0.4, -0.2) is 142 Å². The van der Waals surface area contributed by atoms with Crippen molar-refractivity contribution in [2.75, 3.05) is 0 Å². The second-order valence-electron chi connectivity index (χ2n) is 0.448. The van der Waals surface area contributed by atoms with Gasteiger partial charge in [0, 0.05) is 116 Å². The normalized spacial score (nSPS) is 8.29. The van der Waals surface area contributed by atoms with Crippen LogP contribution in [0.5, 0.6) is 0 Å². The standard InChI is InChI=1S/H2O4Te.2Rb/c1-5(2,3)4;;/h(H2,1,2,3,4);;. The van der Waals surface area contributed by atoms with Gasteiger partial charge >= 0.3 is 32.1 Å². The molecule has 0 amide bonds. The van der Waals surface area contributed by atoms with E-state index in [1.807, 2.05) is 0 Å². The topological polar surface area (TPSA) is 74.6 Å². The molecule has 0 bridgehead atoms. The van der Waals surface area contributed by atoms with Crippen molar-refractivity contribution in [1.82, 2.24) is 0 Å². The molecular formula is H2O4Rb2Te. The van der Waals surface area contributed by atoms with E-state index >= 15 is 0 Å². The largest absolute Gasteiger partial charge is 0 e. The van der Waals surface area contributed by atoms with Crippen LogP contribution in [0.1, 0.15) is 0 Å². The van der Waals surface area contributed by atoms with E-state index < -0.39 is 19.0 Å². The third-order valence-electron chi connectivity index (χ3n) is 0. The molecule has 0 aromatic rings. The maximum atomic E-state index is 8.85. The zero-order valence-electron chi connectivity index (χ0n) is 4.12. The molecule has 0 aliphatic carbocycles. The monoisotopic (exact) mass is 366 g/mol. The van der Waals surface area contributed by atoms with Crippen molar-refractivity contribution < 1.29 is 13.2 Å². The van der Waals surface area contributed by atoms with E-state index in [0.29, 0.717) is 0 Å². The van der Waals surface area contributed by atoms with Gasteiger partial charge in [-0.2, -0.15) is 0 Å². The summed E-state index contributed by atoms with van der Waals surface area (Å²) < 4.78 is 32.0. The van der Waals surface area contributed by atoms with Crippen molar-refractivity contribution in [2.45, 2.75) is 0 Å². The fourth-order valence-corrected chi connectivity index (χ4v) is 0. The van der Waals surface area contributed by atoms with E-state index in [0.717, 1.165) is 0 Å². The summed E-state index contributed by atoms with van der Waals surface area (Å²) in [6.45, 7) is 0. The maximum Gasteiger partial charge on any atom is 0 e. The number of hydrogen-bond acceptors (Lipinski definition) is 2. The smallest absolute Gasteiger partial charge is 0 e. The Balaban J connectivity index is -0.0000000800. The molecule has 0 atom stereocenters. The van der Waals surface area contributed by atoms with Crippen molar-refractivity contribution in [3.8, 4) is 0 Å². The molecule has 2 N–H and O–H groups in total. The van der Waals surface area contributed by atoms with E-state index in [2.05, 4.69) is 0 Å². The molecule has 7 heteroatoms. The van der Waals surface area contributed by atoms with E-state index in [4.69, 9.17) is 13.2 Å². The van der Waals surface area contributed by atoms with Crippen LogP contribution in [0.15, 0.2) is 0 Å². The van der Waals surface area contributed by atoms with Gasteiger partial charge in [-0.15, -0.1) is 0 Å². The van der Waals surface area contributed by atoms with E-state index in [-0.39, 0.29) is 116 Å². The predicted molar refractivity (Wildman–Crippen MR) is 23.1 cm³/mol. The Morgan fingerprint density at radius 1 is 1.00 bits per heavy atom. The quantitative estimate of drug-likeness (QED) is 0.466. The molecule has 2 radical (unpaired) electrons. The van der Waals surface area contributed by atoms with E-state index in [1.54, 1.807) is 0 Å². The molecule has 0 aliphatic heterocycles. The Morgan fingerprint density at radius 2 is 1.00 bits per heavy atom. The van der Waals surface area contributed by atoms with Crippen LogP contribution < -0.4 is 0 Å². The van der Waals surface area contributed by atoms with Crippen LogP contribution in [0.25, 0.3) is 0 Å². The average molecular weight is 365 g/mol. The molecular weight excluding hydrogens is 363 g/mol. The van der Waals surface area contributed by atoms with E-state index in [9.17, 15) is 0 Å². The van der Waals surface area contributed by atoms with E-state index in [1.165, 1.54) is 0 Å². The Labute approximate surface area is 143 Å². The zero-order chi connectivity index (χ0) is 4.50. The SMILES string of the molecule is O=[Te](=O)(O)O.[Rb].[Rb]. The van der Waals surface area contributed by atoms with Gasteiger partial charge in [-0.05, 0) is 0 Å². The van der Waals surface area contributed by atoms with Gasteiger partial charge in [-0.1, -0.05) is 0 Å². The molecule has 0 unspecified atom stereocenters. The zero-order valence-corrected chi connectivity index (χ0v) is 16.3. The summed E-state index contributed by atoms with van der Waals surface area (Å²) in [7, 11) is 0. The summed E-state index contributed by atoms with van der Waals surface area (Å²) in [5.41, 5.74) is 0. The molecule has 0 rings (SSSR count). The molecule has 0 saturated carbocycles. The minimum atomic E-state index is -5.52. The third kappa shape index (κ3) is 40.5. The second kappa shape index (κ2) is 8.02. The van der Waals surface area contributed by atoms with Crippen molar-refractivity contribution in [3.63, 3.8) is 0 Å². The summed E-state index contributed by atoms with van der Waals surface area (Å²) in [5.74, 6) is 0. The first-order chi connectivity index (χ1) is 2.00. The number of rotatable bonds is 0. The van der Waals surface area contributed by atoms with Crippen LogP contribution >= 0.6 is 0 Å². The molecule has 0 saturated heterocycles. The van der Waals surface area contributed by atoms with Crippen molar-refractivity contribution in [2.24, 2.45) is 0 Å². The molecule has 7 heavy (non-hydrogen) atoms. The maximum absolute atomic E-state index is 8.85. The Bertz CT molecular complexity index is 92.9. The summed E-state index contributed by atoms with van der Waals surface area (Å²) in [6.07, 6.45) is 0. The Hall–Kier alpha value is 3.92. The van der Waals surface area contributed by atoms with Crippen molar-refractivity contribution in [1.29, 1.82) is 0 Å². The molecule has 0 aliphatic rings. The molecule has 4 nitrogen and oxygen atoms in total. The molecule has 0 aromatic heterocycles. The van der Waals surface area contributed by atoms with Gasteiger partial charge in [0.2, 0.25) is 0 Å². The van der Waals surface area contributed by atoms with Gasteiger partial charge in [0.25, 0.3) is 0 Å². The second-order valence-corrected chi connectivity index (χ2v) is 3.00. The molecule has 0 spiro atoms. The van der Waals surface area contributed by atoms with Gasteiger partial charge in [0.05, 0.1) is 0 Å². The number of hydrogen-bond donors (Lipinski definition) is 2. The molecule has 0 aromatic carbocycles. The Kier molecular flexibility index (Phi) is 19.6. The summed E-state index contributed by atoms with van der Waals surface area (Å²) in [6, 6.07) is 0. The van der Waals surface area contributed by atoms with Crippen LogP contribution in [0.3, 0.4) is 0 Å². The Morgan fingerprint density at radius 3 is 1.00 bits per heavy atom. The summed E-state index contributed by atoms with van der Waals surface area (Å²) >= 11 is -5.52. The van der Waals surface area contributed by atoms with Gasteiger partial charge in [0.1, 0.15) is 0 Å². The fourth-order valence-electron chi connectivity index (χ4n) is 0. The van der Waals surface area contributed by atoms with Gasteiger partial charge in [0.15, 0.2) is 0 Å². The molecule has 34 valence electrons. The summed E-state index contributed by atoms with van der Waals surface area (Å²) in [5, 5.41) is 0. The molecule has 0 heterocycles. The average Bonchev–Trinajstić information content (AvgIpc) is 0.722. The first-order valence-corrected chi connectivity index (χ1v) is 4.69. The third-order valence-corrected chi connectivity index (χ3v) is 0. The van der Waals surface area contributed by atoms with Gasteiger partial charge in [-0.25, -0.2) is 0 Å². The minimum absolute atomic E-state index is 0. The van der Waals surface area contributed by atoms with Crippen LogP contribution in [-0.2, 0) is 6.21 Å². The minimum Gasteiger partial charge on any atom is 0 e. The summed E-state index contributed by atoms with van der Waals surface area (Å²) in [4.78, 5) is 0. The van der Waals surface area contributed by atoms with Crippen LogP contribution in [0.4, 0.5) is 0 Å². The molecule has 0 fully saturated rings. The first kappa shape index (κ1) is 17.1. The van der Waals surface area contributed by atoms with Gasteiger partial charge in [-0.3, -0.25) is 0 Å². The predicted octanol–water partition coefficient (Wildman–Crippen LogP) is -2.49. The first-order valence-electron chi connectivity index (χ1n) is 0.698.